The third kappa shape index (κ3) is 2.49. The highest BCUT2D eigenvalue weighted by Crippen LogP contribution is 2.42. The van der Waals surface area contributed by atoms with E-state index in [0.29, 0.717) is 23.1 Å². The molecule has 1 heterocycles. The van der Waals surface area contributed by atoms with E-state index >= 15 is 0 Å². The monoisotopic (exact) mass is 291 g/mol. The number of aromatic nitrogens is 2. The predicted molar refractivity (Wildman–Crippen MR) is 82.1 cm³/mol. The molecule has 0 aliphatic rings. The first kappa shape index (κ1) is 15.0. The Morgan fingerprint density at radius 3 is 2.10 bits per heavy atom. The van der Waals surface area contributed by atoms with Crippen LogP contribution in [0.15, 0.2) is 12.1 Å². The van der Waals surface area contributed by atoms with Crippen molar-refractivity contribution in [2.75, 3.05) is 27.1 Å². The van der Waals surface area contributed by atoms with E-state index in [0.717, 1.165) is 23.2 Å². The van der Waals surface area contributed by atoms with Gasteiger partial charge in [-0.1, -0.05) is 6.92 Å². The van der Waals surface area contributed by atoms with Crippen molar-refractivity contribution < 1.29 is 14.2 Å². The van der Waals surface area contributed by atoms with E-state index in [4.69, 9.17) is 19.9 Å². The highest BCUT2D eigenvalue weighted by Gasteiger charge is 2.19. The van der Waals surface area contributed by atoms with E-state index in [-0.39, 0.29) is 0 Å². The summed E-state index contributed by atoms with van der Waals surface area (Å²) in [6.07, 6.45) is 0.797. The van der Waals surface area contributed by atoms with Crippen LogP contribution in [0.5, 0.6) is 17.2 Å². The summed E-state index contributed by atoms with van der Waals surface area (Å²) in [5.74, 6) is 2.42. The molecule has 2 rings (SSSR count). The average Bonchev–Trinajstić information content (AvgIpc) is 2.80. The molecule has 1 aromatic heterocycles. The van der Waals surface area contributed by atoms with E-state index in [2.05, 4.69) is 12.0 Å². The van der Waals surface area contributed by atoms with Crippen LogP contribution in [-0.4, -0.2) is 31.1 Å². The summed E-state index contributed by atoms with van der Waals surface area (Å²) in [6.45, 7) is 2.05. The maximum absolute atomic E-state index is 6.06. The molecule has 6 heteroatoms. The molecule has 1 aromatic carbocycles. The van der Waals surface area contributed by atoms with Crippen molar-refractivity contribution in [2.24, 2.45) is 7.05 Å². The Morgan fingerprint density at radius 2 is 1.67 bits per heavy atom. The Morgan fingerprint density at radius 1 is 1.10 bits per heavy atom. The standard InChI is InChI=1S/C15H21N3O3/c1-6-10-13(17-18(2)15(10)16)9-7-11(19-3)14(21-5)12(8-9)20-4/h7-8H,6,16H2,1-5H3. The fourth-order valence-corrected chi connectivity index (χ4v) is 2.38. The Bertz CT molecular complexity index is 625. The largest absolute Gasteiger partial charge is 0.493 e. The quantitative estimate of drug-likeness (QED) is 0.915. The molecule has 0 fully saturated rings. The van der Waals surface area contributed by atoms with E-state index < -0.39 is 0 Å². The van der Waals surface area contributed by atoms with Crippen molar-refractivity contribution in [3.8, 4) is 28.5 Å². The van der Waals surface area contributed by atoms with Gasteiger partial charge in [0.2, 0.25) is 5.75 Å². The number of hydrogen-bond donors (Lipinski definition) is 1. The number of nitrogens with zero attached hydrogens (tertiary/aromatic N) is 2. The fraction of sp³-hybridized carbons (Fsp3) is 0.400. The molecule has 0 aliphatic heterocycles. The van der Waals surface area contributed by atoms with Crippen LogP contribution < -0.4 is 19.9 Å². The third-order valence-corrected chi connectivity index (χ3v) is 3.49. The summed E-state index contributed by atoms with van der Waals surface area (Å²) in [5, 5.41) is 4.50. The molecule has 6 nitrogen and oxygen atoms in total. The molecular weight excluding hydrogens is 270 g/mol. The lowest BCUT2D eigenvalue weighted by atomic mass is 10.0. The molecule has 0 atom stereocenters. The van der Waals surface area contributed by atoms with Crippen molar-refractivity contribution in [3.05, 3.63) is 17.7 Å². The van der Waals surface area contributed by atoms with Gasteiger partial charge in [-0.25, -0.2) is 0 Å². The molecule has 0 aliphatic carbocycles. The molecule has 0 radical (unpaired) electrons. The van der Waals surface area contributed by atoms with Crippen LogP contribution in [0, 0.1) is 0 Å². The van der Waals surface area contributed by atoms with Gasteiger partial charge in [-0.3, -0.25) is 4.68 Å². The predicted octanol–water partition coefficient (Wildman–Crippen LogP) is 2.26. The van der Waals surface area contributed by atoms with Crippen molar-refractivity contribution in [1.29, 1.82) is 0 Å². The van der Waals surface area contributed by atoms with Crippen LogP contribution in [0.2, 0.25) is 0 Å². The summed E-state index contributed by atoms with van der Waals surface area (Å²) in [4.78, 5) is 0. The van der Waals surface area contributed by atoms with Crippen molar-refractivity contribution in [1.82, 2.24) is 9.78 Å². The lowest BCUT2D eigenvalue weighted by Gasteiger charge is -2.13. The third-order valence-electron chi connectivity index (χ3n) is 3.49. The Labute approximate surface area is 124 Å². The van der Waals surface area contributed by atoms with Crippen molar-refractivity contribution in [3.63, 3.8) is 0 Å². The minimum Gasteiger partial charge on any atom is -0.493 e. The van der Waals surface area contributed by atoms with Gasteiger partial charge in [0, 0.05) is 18.2 Å². The van der Waals surface area contributed by atoms with E-state index in [1.807, 2.05) is 19.2 Å². The summed E-state index contributed by atoms with van der Waals surface area (Å²) in [5.41, 5.74) is 8.78. The lowest BCUT2D eigenvalue weighted by Crippen LogP contribution is -1.98. The number of anilines is 1. The first-order chi connectivity index (χ1) is 10.1. The first-order valence-corrected chi connectivity index (χ1v) is 6.69. The number of nitrogens with two attached hydrogens (primary N) is 1. The average molecular weight is 291 g/mol. The minimum atomic E-state index is 0.561. The molecule has 21 heavy (non-hydrogen) atoms. The maximum atomic E-state index is 6.06. The van der Waals surface area contributed by atoms with Crippen LogP contribution in [-0.2, 0) is 13.5 Å². The van der Waals surface area contributed by atoms with Crippen LogP contribution in [0.25, 0.3) is 11.3 Å². The van der Waals surface area contributed by atoms with Gasteiger partial charge in [0.15, 0.2) is 11.5 Å². The van der Waals surface area contributed by atoms with Gasteiger partial charge in [-0.05, 0) is 18.6 Å². The second-order valence-corrected chi connectivity index (χ2v) is 4.60. The van der Waals surface area contributed by atoms with Crippen molar-refractivity contribution in [2.45, 2.75) is 13.3 Å². The second-order valence-electron chi connectivity index (χ2n) is 4.60. The second kappa shape index (κ2) is 5.95. The number of ether oxygens (including phenoxy) is 3. The molecule has 0 saturated heterocycles. The molecule has 0 spiro atoms. The molecule has 0 saturated carbocycles. The topological polar surface area (TPSA) is 71.5 Å². The van der Waals surface area contributed by atoms with E-state index in [1.54, 1.807) is 26.0 Å². The molecule has 0 amide bonds. The number of rotatable bonds is 5. The van der Waals surface area contributed by atoms with Crippen LogP contribution in [0.3, 0.4) is 0 Å². The Kier molecular flexibility index (Phi) is 4.26. The number of benzene rings is 1. The minimum absolute atomic E-state index is 0.561. The van der Waals surface area contributed by atoms with E-state index in [1.165, 1.54) is 0 Å². The maximum Gasteiger partial charge on any atom is 0.203 e. The number of methoxy groups -OCH3 is 3. The zero-order chi connectivity index (χ0) is 15.6. The van der Waals surface area contributed by atoms with Gasteiger partial charge >= 0.3 is 0 Å². The number of aryl methyl sites for hydroxylation is 1. The van der Waals surface area contributed by atoms with Gasteiger partial charge in [-0.2, -0.15) is 5.10 Å². The number of hydrogen-bond acceptors (Lipinski definition) is 5. The summed E-state index contributed by atoms with van der Waals surface area (Å²) in [7, 11) is 6.59. The SMILES string of the molecule is CCc1c(-c2cc(OC)c(OC)c(OC)c2)nn(C)c1N. The van der Waals surface area contributed by atoms with Gasteiger partial charge in [0.1, 0.15) is 5.82 Å². The van der Waals surface area contributed by atoms with Crippen LogP contribution in [0.1, 0.15) is 12.5 Å². The summed E-state index contributed by atoms with van der Waals surface area (Å²) in [6, 6.07) is 3.75. The molecule has 2 aromatic rings. The molecule has 114 valence electrons. The van der Waals surface area contributed by atoms with Gasteiger partial charge in [0.25, 0.3) is 0 Å². The molecular formula is C15H21N3O3. The zero-order valence-corrected chi connectivity index (χ0v) is 13.1. The lowest BCUT2D eigenvalue weighted by molar-refractivity contribution is 0.324. The fourth-order valence-electron chi connectivity index (χ4n) is 2.38. The van der Waals surface area contributed by atoms with Gasteiger partial charge in [0.05, 0.1) is 27.0 Å². The van der Waals surface area contributed by atoms with Gasteiger partial charge < -0.3 is 19.9 Å². The van der Waals surface area contributed by atoms with E-state index in [9.17, 15) is 0 Å². The van der Waals surface area contributed by atoms with Crippen LogP contribution >= 0.6 is 0 Å². The molecule has 2 N–H and O–H groups in total. The van der Waals surface area contributed by atoms with Gasteiger partial charge in [-0.15, -0.1) is 0 Å². The van der Waals surface area contributed by atoms with Crippen LogP contribution in [0.4, 0.5) is 5.82 Å². The normalized spacial score (nSPS) is 10.5. The summed E-state index contributed by atoms with van der Waals surface area (Å²) >= 11 is 0. The highest BCUT2D eigenvalue weighted by molar-refractivity contribution is 5.73. The Hall–Kier alpha value is -2.37. The highest BCUT2D eigenvalue weighted by atomic mass is 16.5. The summed E-state index contributed by atoms with van der Waals surface area (Å²) < 4.78 is 17.8. The zero-order valence-electron chi connectivity index (χ0n) is 13.1. The van der Waals surface area contributed by atoms with Crippen molar-refractivity contribution >= 4 is 5.82 Å². The Balaban J connectivity index is 2.67. The molecule has 0 unspecified atom stereocenters. The first-order valence-electron chi connectivity index (χ1n) is 6.69. The molecule has 0 bridgehead atoms. The number of nitrogen functional groups attached to an aromatic ring is 1. The smallest absolute Gasteiger partial charge is 0.203 e.